The Labute approximate surface area is 122 Å². The Bertz CT molecular complexity index is 939. The number of hydrogen-bond donors (Lipinski definition) is 2. The molecule has 0 amide bonds. The van der Waals surface area contributed by atoms with Crippen LogP contribution in [0.1, 0.15) is 11.3 Å². The van der Waals surface area contributed by atoms with Gasteiger partial charge in [-0.1, -0.05) is 18.2 Å². The van der Waals surface area contributed by atoms with Crippen LogP contribution in [0.2, 0.25) is 0 Å². The zero-order valence-corrected chi connectivity index (χ0v) is 11.0. The van der Waals surface area contributed by atoms with Crippen LogP contribution in [0.25, 0.3) is 17.9 Å². The highest BCUT2D eigenvalue weighted by Crippen LogP contribution is 2.16. The van der Waals surface area contributed by atoms with Gasteiger partial charge in [0, 0.05) is 0 Å². The van der Waals surface area contributed by atoms with Gasteiger partial charge in [-0.15, -0.1) is 0 Å². The fourth-order valence-electron chi connectivity index (χ4n) is 1.91. The third kappa shape index (κ3) is 2.30. The van der Waals surface area contributed by atoms with E-state index in [2.05, 4.69) is 15.1 Å². The summed E-state index contributed by atoms with van der Waals surface area (Å²) in [7, 11) is 0. The maximum atomic E-state index is 12.1. The van der Waals surface area contributed by atoms with Crippen LogP contribution in [-0.2, 0) is 0 Å². The zero-order valence-electron chi connectivity index (χ0n) is 11.0. The highest BCUT2D eigenvalue weighted by molar-refractivity contribution is 5.72. The molecule has 0 radical (unpaired) electrons. The molecule has 0 saturated carbocycles. The smallest absolute Gasteiger partial charge is 0.361 e. The normalized spacial score (nSPS) is 11.3. The number of aromatic amines is 1. The third-order valence-electron chi connectivity index (χ3n) is 2.94. The number of fused-ring (bicyclic) bond motifs is 1. The molecule has 0 bridgehead atoms. The predicted molar refractivity (Wildman–Crippen MR) is 77.3 cm³/mol. The molecule has 0 unspecified atom stereocenters. The summed E-state index contributed by atoms with van der Waals surface area (Å²) >= 11 is 0. The summed E-state index contributed by atoms with van der Waals surface area (Å²) in [4.78, 5) is 30.2. The van der Waals surface area contributed by atoms with E-state index >= 15 is 0 Å². The number of nitrogens with zero attached hydrogens (tertiary/aromatic N) is 4. The van der Waals surface area contributed by atoms with E-state index in [-0.39, 0.29) is 17.2 Å². The minimum Gasteiger partial charge on any atom is -0.508 e. The molecule has 1 aromatic carbocycles. The van der Waals surface area contributed by atoms with E-state index in [1.165, 1.54) is 24.5 Å². The standard InChI is InChI=1S/C13H9N5O4/c19-9-4-1-8(2-5-9)3-6-10-11(18(21)22)12(20)17-13(16-10)14-7-15-17/h1-7,19H,(H,14,15,16)/b6-3-. The van der Waals surface area contributed by atoms with Crippen molar-refractivity contribution in [3.8, 4) is 5.75 Å². The molecule has 0 saturated heterocycles. The van der Waals surface area contributed by atoms with Crippen LogP contribution >= 0.6 is 0 Å². The molecule has 9 heteroatoms. The summed E-state index contributed by atoms with van der Waals surface area (Å²) < 4.78 is 0.899. The minimum atomic E-state index is -0.835. The van der Waals surface area contributed by atoms with E-state index in [1.54, 1.807) is 18.2 Å². The van der Waals surface area contributed by atoms with Crippen LogP contribution in [0, 0.1) is 10.1 Å². The minimum absolute atomic E-state index is 0.0426. The number of nitro groups is 1. The Morgan fingerprint density at radius 2 is 2.00 bits per heavy atom. The first-order valence-corrected chi connectivity index (χ1v) is 6.14. The average Bonchev–Trinajstić information content (AvgIpc) is 2.95. The number of benzene rings is 1. The van der Waals surface area contributed by atoms with Gasteiger partial charge in [0.25, 0.3) is 5.78 Å². The molecule has 0 aliphatic carbocycles. The van der Waals surface area contributed by atoms with Gasteiger partial charge in [-0.05, 0) is 23.8 Å². The molecule has 9 nitrogen and oxygen atoms in total. The summed E-state index contributed by atoms with van der Waals surface area (Å²) in [6.45, 7) is 0. The largest absolute Gasteiger partial charge is 0.508 e. The van der Waals surface area contributed by atoms with E-state index in [1.807, 2.05) is 0 Å². The number of aromatic nitrogens is 4. The van der Waals surface area contributed by atoms with Gasteiger partial charge >= 0.3 is 11.2 Å². The number of aromatic hydroxyl groups is 1. The molecule has 110 valence electrons. The number of phenolic OH excluding ortho intramolecular Hbond substituents is 1. The van der Waals surface area contributed by atoms with Gasteiger partial charge in [0.1, 0.15) is 12.1 Å². The second kappa shape index (κ2) is 5.13. The van der Waals surface area contributed by atoms with E-state index in [4.69, 9.17) is 0 Å². The molecule has 22 heavy (non-hydrogen) atoms. The zero-order chi connectivity index (χ0) is 15.7. The molecule has 0 spiro atoms. The summed E-state index contributed by atoms with van der Waals surface area (Å²) in [5, 5.41) is 22.8. The molecule has 0 fully saturated rings. The van der Waals surface area contributed by atoms with Gasteiger partial charge in [-0.3, -0.25) is 20.0 Å². The summed E-state index contributed by atoms with van der Waals surface area (Å²) in [6, 6.07) is 6.20. The van der Waals surface area contributed by atoms with Crippen molar-refractivity contribution in [3.63, 3.8) is 0 Å². The molecular weight excluding hydrogens is 290 g/mol. The van der Waals surface area contributed by atoms with E-state index in [0.29, 0.717) is 5.56 Å². The molecular formula is C13H9N5O4. The Morgan fingerprint density at radius 1 is 1.27 bits per heavy atom. The Balaban J connectivity index is 2.13. The monoisotopic (exact) mass is 299 g/mol. The number of phenols is 1. The lowest BCUT2D eigenvalue weighted by Gasteiger charge is -1.98. The maximum absolute atomic E-state index is 12.1. The van der Waals surface area contributed by atoms with E-state index in [9.17, 15) is 20.0 Å². The number of nitrogens with one attached hydrogen (secondary N) is 1. The second-order valence-corrected chi connectivity index (χ2v) is 4.36. The molecule has 3 aromatic rings. The fraction of sp³-hybridized carbons (Fsp3) is 0. The van der Waals surface area contributed by atoms with Gasteiger partial charge in [-0.2, -0.15) is 4.52 Å². The average molecular weight is 299 g/mol. The first-order chi connectivity index (χ1) is 10.6. The molecule has 0 aliphatic rings. The highest BCUT2D eigenvalue weighted by atomic mass is 16.6. The summed E-state index contributed by atoms with van der Waals surface area (Å²) in [5.74, 6) is 0.151. The van der Waals surface area contributed by atoms with Crippen LogP contribution < -0.4 is 5.56 Å². The topological polar surface area (TPSA) is 126 Å². The Hall–Kier alpha value is -3.49. The van der Waals surface area contributed by atoms with Crippen molar-refractivity contribution in [1.29, 1.82) is 0 Å². The van der Waals surface area contributed by atoms with Crippen molar-refractivity contribution in [3.05, 3.63) is 62.3 Å². The summed E-state index contributed by atoms with van der Waals surface area (Å²) in [6.07, 6.45) is 4.14. The molecule has 3 rings (SSSR count). The van der Waals surface area contributed by atoms with E-state index in [0.717, 1.165) is 4.52 Å². The molecule has 2 heterocycles. The summed E-state index contributed by atoms with van der Waals surface area (Å²) in [5.41, 5.74) is -0.874. The van der Waals surface area contributed by atoms with Crippen LogP contribution in [0.15, 0.2) is 35.4 Å². The van der Waals surface area contributed by atoms with Crippen molar-refractivity contribution in [1.82, 2.24) is 19.6 Å². The van der Waals surface area contributed by atoms with E-state index < -0.39 is 16.2 Å². The second-order valence-electron chi connectivity index (χ2n) is 4.36. The third-order valence-corrected chi connectivity index (χ3v) is 2.94. The van der Waals surface area contributed by atoms with Crippen molar-refractivity contribution >= 4 is 23.6 Å². The van der Waals surface area contributed by atoms with Gasteiger partial charge in [0.2, 0.25) is 0 Å². The van der Waals surface area contributed by atoms with Gasteiger partial charge < -0.3 is 5.11 Å². The van der Waals surface area contributed by atoms with Gasteiger partial charge in [0.15, 0.2) is 5.69 Å². The highest BCUT2D eigenvalue weighted by Gasteiger charge is 2.22. The van der Waals surface area contributed by atoms with Gasteiger partial charge in [-0.25, -0.2) is 9.97 Å². The molecule has 2 N–H and O–H groups in total. The number of H-pyrrole nitrogens is 1. The molecule has 0 atom stereocenters. The Morgan fingerprint density at radius 3 is 2.68 bits per heavy atom. The van der Waals surface area contributed by atoms with Crippen molar-refractivity contribution in [2.24, 2.45) is 0 Å². The van der Waals surface area contributed by atoms with Crippen molar-refractivity contribution in [2.45, 2.75) is 0 Å². The lowest BCUT2D eigenvalue weighted by atomic mass is 10.2. The van der Waals surface area contributed by atoms with Crippen LogP contribution in [0.5, 0.6) is 5.75 Å². The lowest BCUT2D eigenvalue weighted by molar-refractivity contribution is -0.386. The number of hydrogen-bond acceptors (Lipinski definition) is 6. The quantitative estimate of drug-likeness (QED) is 0.552. The van der Waals surface area contributed by atoms with Crippen LogP contribution in [0.4, 0.5) is 5.69 Å². The molecule has 0 aliphatic heterocycles. The van der Waals surface area contributed by atoms with Crippen LogP contribution in [0.3, 0.4) is 0 Å². The first kappa shape index (κ1) is 13.5. The first-order valence-electron chi connectivity index (χ1n) is 6.14. The van der Waals surface area contributed by atoms with Crippen LogP contribution in [-0.4, -0.2) is 29.6 Å². The Kier molecular flexibility index (Phi) is 3.14. The number of rotatable bonds is 3. The SMILES string of the molecule is O=c1c([N+](=O)[O-])c(/C=C\c2ccc(O)cc2)nc2nc[nH]n12. The van der Waals surface area contributed by atoms with Crippen molar-refractivity contribution < 1.29 is 10.0 Å². The maximum Gasteiger partial charge on any atom is 0.361 e. The lowest BCUT2D eigenvalue weighted by Crippen LogP contribution is -2.20. The van der Waals surface area contributed by atoms with Gasteiger partial charge in [0.05, 0.1) is 4.92 Å². The van der Waals surface area contributed by atoms with Crippen molar-refractivity contribution in [2.75, 3.05) is 0 Å². The fourth-order valence-corrected chi connectivity index (χ4v) is 1.91. The predicted octanol–water partition coefficient (Wildman–Crippen LogP) is 1.20. The molecule has 2 aromatic heterocycles.